The lowest BCUT2D eigenvalue weighted by Crippen LogP contribution is -2.21. The third-order valence-electron chi connectivity index (χ3n) is 3.55. The van der Waals surface area contributed by atoms with E-state index in [1.165, 1.54) is 0 Å². The Bertz CT molecular complexity index is 552. The van der Waals surface area contributed by atoms with Crippen LogP contribution < -0.4 is 11.1 Å². The van der Waals surface area contributed by atoms with E-state index < -0.39 is 0 Å². The standard InChI is InChI=1S/C13H17N3O2/c14-9-4-5-10-12(6-9)18-13(16-10)15-7-8-2-1-3-11(8)17/h4-6,8,11,17H,1-3,7,14H2,(H,15,16). The Morgan fingerprint density at radius 1 is 1.44 bits per heavy atom. The Balaban J connectivity index is 1.71. The second-order valence-corrected chi connectivity index (χ2v) is 4.89. The topological polar surface area (TPSA) is 84.3 Å². The molecule has 96 valence electrons. The van der Waals surface area contributed by atoms with Gasteiger partial charge in [0.05, 0.1) is 6.10 Å². The maximum absolute atomic E-state index is 9.74. The lowest BCUT2D eigenvalue weighted by molar-refractivity contribution is 0.138. The molecule has 2 atom stereocenters. The first-order valence-corrected chi connectivity index (χ1v) is 6.30. The van der Waals surface area contributed by atoms with Crippen molar-refractivity contribution in [2.24, 2.45) is 5.92 Å². The summed E-state index contributed by atoms with van der Waals surface area (Å²) in [5.41, 5.74) is 7.82. The zero-order valence-electron chi connectivity index (χ0n) is 10.1. The van der Waals surface area contributed by atoms with Gasteiger partial charge in [-0.1, -0.05) is 6.42 Å². The molecule has 3 rings (SSSR count). The fourth-order valence-electron chi connectivity index (χ4n) is 2.49. The van der Waals surface area contributed by atoms with Gasteiger partial charge in [-0.15, -0.1) is 0 Å². The average Bonchev–Trinajstić information content (AvgIpc) is 2.92. The van der Waals surface area contributed by atoms with Crippen LogP contribution in [0.3, 0.4) is 0 Å². The number of aromatic nitrogens is 1. The molecule has 0 aliphatic heterocycles. The largest absolute Gasteiger partial charge is 0.423 e. The number of benzene rings is 1. The number of fused-ring (bicyclic) bond motifs is 1. The first-order chi connectivity index (χ1) is 8.72. The van der Waals surface area contributed by atoms with Crippen molar-refractivity contribution in [3.8, 4) is 0 Å². The molecule has 0 amide bonds. The number of nitrogens with one attached hydrogen (secondary N) is 1. The molecule has 0 saturated heterocycles. The minimum absolute atomic E-state index is 0.197. The van der Waals surface area contributed by atoms with E-state index in [-0.39, 0.29) is 6.10 Å². The van der Waals surface area contributed by atoms with Crippen molar-refractivity contribution in [1.29, 1.82) is 0 Å². The summed E-state index contributed by atoms with van der Waals surface area (Å²) in [6.07, 6.45) is 2.85. The number of nitrogens with zero attached hydrogens (tertiary/aromatic N) is 1. The van der Waals surface area contributed by atoms with Crippen molar-refractivity contribution >= 4 is 22.8 Å². The van der Waals surface area contributed by atoms with Crippen molar-refractivity contribution < 1.29 is 9.52 Å². The van der Waals surface area contributed by atoms with Crippen LogP contribution in [-0.2, 0) is 0 Å². The molecule has 1 aromatic heterocycles. The van der Waals surface area contributed by atoms with Gasteiger partial charge in [-0.3, -0.25) is 0 Å². The second-order valence-electron chi connectivity index (χ2n) is 4.89. The number of oxazole rings is 1. The summed E-state index contributed by atoms with van der Waals surface area (Å²) in [4.78, 5) is 4.32. The van der Waals surface area contributed by atoms with Crippen LogP contribution in [0.4, 0.5) is 11.7 Å². The summed E-state index contributed by atoms with van der Waals surface area (Å²) in [6, 6.07) is 5.89. The van der Waals surface area contributed by atoms with Crippen LogP contribution >= 0.6 is 0 Å². The van der Waals surface area contributed by atoms with Crippen LogP contribution in [0.25, 0.3) is 11.1 Å². The molecular formula is C13H17N3O2. The van der Waals surface area contributed by atoms with Crippen LogP contribution in [0.5, 0.6) is 0 Å². The minimum atomic E-state index is -0.197. The van der Waals surface area contributed by atoms with Crippen molar-refractivity contribution in [3.63, 3.8) is 0 Å². The molecule has 2 aromatic rings. The van der Waals surface area contributed by atoms with Gasteiger partial charge in [0, 0.05) is 24.2 Å². The number of aliphatic hydroxyl groups excluding tert-OH is 1. The number of anilines is 2. The molecule has 1 saturated carbocycles. The molecule has 1 aliphatic carbocycles. The molecule has 5 nitrogen and oxygen atoms in total. The highest BCUT2D eigenvalue weighted by molar-refractivity contribution is 5.78. The predicted molar refractivity (Wildman–Crippen MR) is 70.3 cm³/mol. The molecule has 0 spiro atoms. The van der Waals surface area contributed by atoms with Gasteiger partial charge in [-0.2, -0.15) is 4.98 Å². The summed E-state index contributed by atoms with van der Waals surface area (Å²) >= 11 is 0. The molecule has 5 heteroatoms. The number of aliphatic hydroxyl groups is 1. The van der Waals surface area contributed by atoms with Crippen molar-refractivity contribution in [3.05, 3.63) is 18.2 Å². The molecule has 18 heavy (non-hydrogen) atoms. The first kappa shape index (κ1) is 11.3. The number of hydrogen-bond acceptors (Lipinski definition) is 5. The summed E-state index contributed by atoms with van der Waals surface area (Å²) in [6.45, 7) is 0.698. The van der Waals surface area contributed by atoms with E-state index in [2.05, 4.69) is 10.3 Å². The van der Waals surface area contributed by atoms with Gasteiger partial charge in [0.1, 0.15) is 5.52 Å². The highest BCUT2D eigenvalue weighted by atomic mass is 16.4. The molecule has 2 unspecified atom stereocenters. The van der Waals surface area contributed by atoms with Crippen LogP contribution in [-0.4, -0.2) is 22.7 Å². The molecule has 1 heterocycles. The van der Waals surface area contributed by atoms with Crippen LogP contribution in [0.1, 0.15) is 19.3 Å². The van der Waals surface area contributed by atoms with Gasteiger partial charge in [0.2, 0.25) is 0 Å². The third-order valence-corrected chi connectivity index (χ3v) is 3.55. The Morgan fingerprint density at radius 3 is 3.11 bits per heavy atom. The monoisotopic (exact) mass is 247 g/mol. The van der Waals surface area contributed by atoms with E-state index in [0.29, 0.717) is 29.7 Å². The van der Waals surface area contributed by atoms with Gasteiger partial charge in [-0.25, -0.2) is 0 Å². The smallest absolute Gasteiger partial charge is 0.295 e. The summed E-state index contributed by atoms with van der Waals surface area (Å²) in [5.74, 6) is 0.296. The normalized spacial score (nSPS) is 23.6. The number of nitrogens with two attached hydrogens (primary N) is 1. The molecule has 4 N–H and O–H groups in total. The zero-order valence-corrected chi connectivity index (χ0v) is 10.1. The average molecular weight is 247 g/mol. The third kappa shape index (κ3) is 2.13. The first-order valence-electron chi connectivity index (χ1n) is 6.30. The summed E-state index contributed by atoms with van der Waals surface area (Å²) in [7, 11) is 0. The number of nitrogen functional groups attached to an aromatic ring is 1. The SMILES string of the molecule is Nc1ccc2nc(NCC3CCCC3O)oc2c1. The highest BCUT2D eigenvalue weighted by Gasteiger charge is 2.25. The molecule has 0 radical (unpaired) electrons. The quantitative estimate of drug-likeness (QED) is 0.722. The van der Waals surface area contributed by atoms with Gasteiger partial charge in [-0.05, 0) is 25.0 Å². The van der Waals surface area contributed by atoms with E-state index in [1.54, 1.807) is 12.1 Å². The highest BCUT2D eigenvalue weighted by Crippen LogP contribution is 2.26. The van der Waals surface area contributed by atoms with Crippen LogP contribution in [0.2, 0.25) is 0 Å². The van der Waals surface area contributed by atoms with Gasteiger partial charge < -0.3 is 20.6 Å². The molecule has 1 aromatic carbocycles. The van der Waals surface area contributed by atoms with Gasteiger partial charge >= 0.3 is 0 Å². The molecule has 1 aliphatic rings. The Hall–Kier alpha value is -1.75. The Labute approximate surface area is 105 Å². The molecular weight excluding hydrogens is 230 g/mol. The van der Waals surface area contributed by atoms with E-state index >= 15 is 0 Å². The Kier molecular flexibility index (Phi) is 2.83. The molecule has 0 bridgehead atoms. The van der Waals surface area contributed by atoms with E-state index in [0.717, 1.165) is 24.8 Å². The summed E-state index contributed by atoms with van der Waals surface area (Å²) < 4.78 is 5.56. The lowest BCUT2D eigenvalue weighted by atomic mass is 10.1. The van der Waals surface area contributed by atoms with Gasteiger partial charge in [0.15, 0.2) is 5.58 Å². The minimum Gasteiger partial charge on any atom is -0.423 e. The molecule has 1 fully saturated rings. The van der Waals surface area contributed by atoms with Crippen molar-refractivity contribution in [2.75, 3.05) is 17.6 Å². The van der Waals surface area contributed by atoms with E-state index in [1.807, 2.05) is 6.07 Å². The maximum Gasteiger partial charge on any atom is 0.295 e. The van der Waals surface area contributed by atoms with E-state index in [9.17, 15) is 5.11 Å². The van der Waals surface area contributed by atoms with Crippen molar-refractivity contribution in [1.82, 2.24) is 4.98 Å². The van der Waals surface area contributed by atoms with Crippen LogP contribution in [0, 0.1) is 5.92 Å². The number of hydrogen-bond donors (Lipinski definition) is 3. The predicted octanol–water partition coefficient (Wildman–Crippen LogP) is 1.98. The summed E-state index contributed by atoms with van der Waals surface area (Å²) in [5, 5.41) is 12.9. The lowest BCUT2D eigenvalue weighted by Gasteiger charge is -2.13. The van der Waals surface area contributed by atoms with E-state index in [4.69, 9.17) is 10.2 Å². The number of rotatable bonds is 3. The van der Waals surface area contributed by atoms with Crippen LogP contribution in [0.15, 0.2) is 22.6 Å². The van der Waals surface area contributed by atoms with Crippen molar-refractivity contribution in [2.45, 2.75) is 25.4 Å². The fourth-order valence-corrected chi connectivity index (χ4v) is 2.49. The zero-order chi connectivity index (χ0) is 12.5. The fraction of sp³-hybridized carbons (Fsp3) is 0.462. The van der Waals surface area contributed by atoms with Gasteiger partial charge in [0.25, 0.3) is 6.01 Å². The maximum atomic E-state index is 9.74. The Morgan fingerprint density at radius 2 is 2.33 bits per heavy atom. The second kappa shape index (κ2) is 4.49.